The molecular weight excluding hydrogens is 249 g/mol. The molecule has 0 saturated heterocycles. The Bertz CT molecular complexity index is 506. The Morgan fingerprint density at radius 2 is 2.00 bits per heavy atom. The van der Waals surface area contributed by atoms with Gasteiger partial charge in [-0.25, -0.2) is 4.39 Å². The summed E-state index contributed by atoms with van der Waals surface area (Å²) in [6, 6.07) is 6.28. The number of halogens is 1. The zero-order chi connectivity index (χ0) is 13.6. The maximum Gasteiger partial charge on any atom is 0.127 e. The highest BCUT2D eigenvalue weighted by atomic mass is 19.1. The van der Waals surface area contributed by atoms with E-state index in [0.717, 1.165) is 25.1 Å². The van der Waals surface area contributed by atoms with Crippen molar-refractivity contribution in [3.05, 3.63) is 35.1 Å². The molecule has 1 aliphatic heterocycles. The lowest BCUT2D eigenvalue weighted by molar-refractivity contribution is 0.0117. The van der Waals surface area contributed by atoms with Crippen molar-refractivity contribution in [3.63, 3.8) is 0 Å². The van der Waals surface area contributed by atoms with Crippen LogP contribution in [0.4, 0.5) is 4.39 Å². The summed E-state index contributed by atoms with van der Waals surface area (Å²) in [6.45, 7) is 1.96. The largest absolute Gasteiger partial charge is 0.296 e. The lowest BCUT2D eigenvalue weighted by atomic mass is 9.59. The first-order chi connectivity index (χ1) is 9.76. The fourth-order valence-electron chi connectivity index (χ4n) is 4.73. The van der Waals surface area contributed by atoms with Crippen LogP contribution in [0.25, 0.3) is 0 Å². The van der Waals surface area contributed by atoms with Crippen molar-refractivity contribution < 1.29 is 4.39 Å². The van der Waals surface area contributed by atoms with E-state index in [1.165, 1.54) is 50.5 Å². The minimum absolute atomic E-state index is 0.00127. The Hall–Kier alpha value is -0.890. The normalized spacial score (nSPS) is 28.9. The van der Waals surface area contributed by atoms with Gasteiger partial charge in [-0.05, 0) is 55.6 Å². The summed E-state index contributed by atoms with van der Waals surface area (Å²) in [5.74, 6) is 0.00127. The van der Waals surface area contributed by atoms with Gasteiger partial charge in [0.05, 0.1) is 0 Å². The molecule has 0 aromatic heterocycles. The van der Waals surface area contributed by atoms with E-state index in [1.807, 2.05) is 6.07 Å². The SMILES string of the molecule is Fc1cccc2c1CN([C@H]1CCCC3(CCC3)C1)CC2. The lowest BCUT2D eigenvalue weighted by Crippen LogP contribution is -2.47. The number of fused-ring (bicyclic) bond motifs is 1. The predicted octanol–water partition coefficient (Wildman–Crippen LogP) is 4.30. The zero-order valence-electron chi connectivity index (χ0n) is 12.2. The van der Waals surface area contributed by atoms with Gasteiger partial charge in [0.2, 0.25) is 0 Å². The van der Waals surface area contributed by atoms with Gasteiger partial charge >= 0.3 is 0 Å². The summed E-state index contributed by atoms with van der Waals surface area (Å²) in [7, 11) is 0. The van der Waals surface area contributed by atoms with Crippen molar-refractivity contribution in [1.29, 1.82) is 0 Å². The predicted molar refractivity (Wildman–Crippen MR) is 79.1 cm³/mol. The maximum atomic E-state index is 14.0. The molecule has 1 aromatic rings. The second-order valence-corrected chi connectivity index (χ2v) is 7.20. The molecule has 2 fully saturated rings. The van der Waals surface area contributed by atoms with Crippen molar-refractivity contribution in [2.24, 2.45) is 5.41 Å². The minimum Gasteiger partial charge on any atom is -0.296 e. The summed E-state index contributed by atoms with van der Waals surface area (Å²) in [4.78, 5) is 2.57. The molecule has 0 N–H and O–H groups in total. The topological polar surface area (TPSA) is 3.24 Å². The van der Waals surface area contributed by atoms with Crippen LogP contribution in [0.3, 0.4) is 0 Å². The summed E-state index contributed by atoms with van der Waals surface area (Å²) in [6.07, 6.45) is 10.9. The highest BCUT2D eigenvalue weighted by Crippen LogP contribution is 2.52. The molecule has 1 heterocycles. The molecular formula is C18H24FN. The van der Waals surface area contributed by atoms with E-state index in [9.17, 15) is 4.39 Å². The van der Waals surface area contributed by atoms with Crippen LogP contribution < -0.4 is 0 Å². The van der Waals surface area contributed by atoms with Gasteiger partial charge in [-0.2, -0.15) is 0 Å². The minimum atomic E-state index is 0.00127. The third-order valence-electron chi connectivity index (χ3n) is 6.09. The number of hydrogen-bond donors (Lipinski definition) is 0. The summed E-state index contributed by atoms with van der Waals surface area (Å²) >= 11 is 0. The van der Waals surface area contributed by atoms with E-state index in [1.54, 1.807) is 6.07 Å². The van der Waals surface area contributed by atoms with Crippen LogP contribution in [0.5, 0.6) is 0 Å². The average molecular weight is 273 g/mol. The number of nitrogens with zero attached hydrogens (tertiary/aromatic N) is 1. The Kier molecular flexibility index (Phi) is 3.10. The van der Waals surface area contributed by atoms with Crippen LogP contribution in [0.1, 0.15) is 56.1 Å². The molecule has 108 valence electrons. The second kappa shape index (κ2) is 4.84. The molecule has 2 saturated carbocycles. The van der Waals surface area contributed by atoms with Crippen molar-refractivity contribution in [3.8, 4) is 0 Å². The van der Waals surface area contributed by atoms with Gasteiger partial charge in [0.25, 0.3) is 0 Å². The molecule has 2 aliphatic carbocycles. The molecule has 20 heavy (non-hydrogen) atoms. The van der Waals surface area contributed by atoms with Crippen molar-refractivity contribution in [1.82, 2.24) is 4.90 Å². The summed E-state index contributed by atoms with van der Waals surface area (Å²) < 4.78 is 14.0. The quantitative estimate of drug-likeness (QED) is 0.737. The monoisotopic (exact) mass is 273 g/mol. The van der Waals surface area contributed by atoms with Crippen molar-refractivity contribution in [2.45, 2.75) is 64.0 Å². The first-order valence-corrected chi connectivity index (χ1v) is 8.26. The van der Waals surface area contributed by atoms with Gasteiger partial charge in [0, 0.05) is 24.7 Å². The Morgan fingerprint density at radius 1 is 1.15 bits per heavy atom. The van der Waals surface area contributed by atoms with Crippen LogP contribution >= 0.6 is 0 Å². The number of hydrogen-bond acceptors (Lipinski definition) is 1. The van der Waals surface area contributed by atoms with Gasteiger partial charge in [0.1, 0.15) is 5.82 Å². The molecule has 3 aliphatic rings. The van der Waals surface area contributed by atoms with E-state index in [4.69, 9.17) is 0 Å². The molecule has 1 atom stereocenters. The first kappa shape index (κ1) is 12.8. The molecule has 1 aromatic carbocycles. The third kappa shape index (κ3) is 2.09. The number of rotatable bonds is 1. The van der Waals surface area contributed by atoms with Gasteiger partial charge in [-0.15, -0.1) is 0 Å². The first-order valence-electron chi connectivity index (χ1n) is 8.26. The summed E-state index contributed by atoms with van der Waals surface area (Å²) in [5.41, 5.74) is 2.88. The second-order valence-electron chi connectivity index (χ2n) is 7.20. The van der Waals surface area contributed by atoms with Gasteiger partial charge in [0.15, 0.2) is 0 Å². The van der Waals surface area contributed by atoms with E-state index in [-0.39, 0.29) is 5.82 Å². The fourth-order valence-corrected chi connectivity index (χ4v) is 4.73. The van der Waals surface area contributed by atoms with E-state index in [2.05, 4.69) is 11.0 Å². The smallest absolute Gasteiger partial charge is 0.127 e. The van der Waals surface area contributed by atoms with E-state index >= 15 is 0 Å². The molecule has 2 heteroatoms. The van der Waals surface area contributed by atoms with Crippen molar-refractivity contribution in [2.75, 3.05) is 6.54 Å². The highest BCUT2D eigenvalue weighted by Gasteiger charge is 2.42. The average Bonchev–Trinajstić information content (AvgIpc) is 2.46. The van der Waals surface area contributed by atoms with Gasteiger partial charge < -0.3 is 0 Å². The van der Waals surface area contributed by atoms with Crippen LogP contribution in [0.2, 0.25) is 0 Å². The van der Waals surface area contributed by atoms with Crippen LogP contribution in [-0.2, 0) is 13.0 Å². The molecule has 0 unspecified atom stereocenters. The van der Waals surface area contributed by atoms with E-state index in [0.29, 0.717) is 11.5 Å². The maximum absolute atomic E-state index is 14.0. The standard InChI is InChI=1S/C18H24FN/c19-17-6-1-4-14-7-11-20(13-16(14)17)15-5-2-8-18(12-15)9-3-10-18/h1,4,6,15H,2-3,5,7-13H2/t15-/m0/s1. The molecule has 1 spiro atoms. The van der Waals surface area contributed by atoms with Crippen LogP contribution in [0, 0.1) is 11.2 Å². The van der Waals surface area contributed by atoms with Gasteiger partial charge in [-0.3, -0.25) is 4.90 Å². The molecule has 0 radical (unpaired) electrons. The Morgan fingerprint density at radius 3 is 2.80 bits per heavy atom. The molecule has 1 nitrogen and oxygen atoms in total. The molecule has 4 rings (SSSR count). The van der Waals surface area contributed by atoms with E-state index < -0.39 is 0 Å². The molecule has 0 bridgehead atoms. The lowest BCUT2D eigenvalue weighted by Gasteiger charge is -2.50. The van der Waals surface area contributed by atoms with Crippen LogP contribution in [0.15, 0.2) is 18.2 Å². The summed E-state index contributed by atoms with van der Waals surface area (Å²) in [5, 5.41) is 0. The Labute approximate surface area is 121 Å². The van der Waals surface area contributed by atoms with Gasteiger partial charge in [-0.1, -0.05) is 25.0 Å². The van der Waals surface area contributed by atoms with Crippen LogP contribution in [-0.4, -0.2) is 17.5 Å². The fraction of sp³-hybridized carbons (Fsp3) is 0.667. The third-order valence-corrected chi connectivity index (χ3v) is 6.09. The van der Waals surface area contributed by atoms with Crippen molar-refractivity contribution >= 4 is 0 Å². The Balaban J connectivity index is 1.51. The highest BCUT2D eigenvalue weighted by molar-refractivity contribution is 5.30. The number of benzene rings is 1. The zero-order valence-corrected chi connectivity index (χ0v) is 12.2. The molecule has 0 amide bonds.